The minimum absolute atomic E-state index is 0.255. The zero-order valence-corrected chi connectivity index (χ0v) is 14.0. The Labute approximate surface area is 145 Å². The fourth-order valence-corrected chi connectivity index (χ4v) is 3.17. The molecule has 0 spiro atoms. The van der Waals surface area contributed by atoms with Crippen molar-refractivity contribution in [2.75, 3.05) is 0 Å². The molecule has 1 heterocycles. The Hall–Kier alpha value is -0.770. The maximum Gasteiger partial charge on any atom is 0.163 e. The number of hydrogen-bond donors (Lipinski definition) is 0. The molecule has 3 rings (SSSR count). The van der Waals surface area contributed by atoms with E-state index >= 15 is 0 Å². The smallest absolute Gasteiger partial charge is 0.163 e. The summed E-state index contributed by atoms with van der Waals surface area (Å²) in [7, 11) is 0. The van der Waals surface area contributed by atoms with Gasteiger partial charge in [-0.05, 0) is 30.3 Å². The maximum absolute atomic E-state index is 6.20. The molecular weight excluding hydrogens is 373 g/mol. The standard InChI is InChI=1S/C14H5Cl5N2/c15-6-1-2-8(10(17)4-6)14-20-12-9(13(19)21-14)3-7(16)5-11(12)18/h1-5H. The van der Waals surface area contributed by atoms with Gasteiger partial charge in [-0.1, -0.05) is 58.0 Å². The second-order valence-corrected chi connectivity index (χ2v) is 6.29. The van der Waals surface area contributed by atoms with Crippen LogP contribution in [-0.4, -0.2) is 9.97 Å². The van der Waals surface area contributed by atoms with E-state index in [0.29, 0.717) is 42.4 Å². The molecule has 0 fully saturated rings. The molecule has 1 aromatic heterocycles. The molecule has 0 saturated heterocycles. The molecule has 0 aliphatic heterocycles. The topological polar surface area (TPSA) is 25.8 Å². The van der Waals surface area contributed by atoms with Gasteiger partial charge in [-0.25, -0.2) is 9.97 Å². The van der Waals surface area contributed by atoms with Crippen LogP contribution in [0.25, 0.3) is 22.3 Å². The summed E-state index contributed by atoms with van der Waals surface area (Å²) in [4.78, 5) is 8.68. The molecule has 0 aliphatic carbocycles. The highest BCUT2D eigenvalue weighted by atomic mass is 35.5. The Balaban J connectivity index is 2.30. The Kier molecular flexibility index (Phi) is 4.17. The number of aromatic nitrogens is 2. The molecule has 0 bridgehead atoms. The molecule has 2 nitrogen and oxygen atoms in total. The van der Waals surface area contributed by atoms with E-state index in [1.54, 1.807) is 30.3 Å². The van der Waals surface area contributed by atoms with Gasteiger partial charge in [-0.3, -0.25) is 0 Å². The van der Waals surface area contributed by atoms with Gasteiger partial charge in [-0.15, -0.1) is 0 Å². The van der Waals surface area contributed by atoms with Crippen molar-refractivity contribution in [2.24, 2.45) is 0 Å². The van der Waals surface area contributed by atoms with E-state index in [-0.39, 0.29) is 5.15 Å². The van der Waals surface area contributed by atoms with Gasteiger partial charge in [0.15, 0.2) is 5.82 Å². The molecule has 7 heteroatoms. The average Bonchev–Trinajstić information content (AvgIpc) is 2.40. The van der Waals surface area contributed by atoms with E-state index in [1.165, 1.54) is 0 Å². The van der Waals surface area contributed by atoms with E-state index in [2.05, 4.69) is 9.97 Å². The minimum Gasteiger partial charge on any atom is -0.226 e. The van der Waals surface area contributed by atoms with Crippen molar-refractivity contribution >= 4 is 68.9 Å². The molecule has 0 radical (unpaired) electrons. The first-order valence-corrected chi connectivity index (χ1v) is 7.62. The Morgan fingerprint density at radius 2 is 1.43 bits per heavy atom. The van der Waals surface area contributed by atoms with E-state index in [0.717, 1.165) is 0 Å². The summed E-state index contributed by atoms with van der Waals surface area (Å²) in [5.41, 5.74) is 1.14. The fraction of sp³-hybridized carbons (Fsp3) is 0. The van der Waals surface area contributed by atoms with Crippen molar-refractivity contribution in [3.8, 4) is 11.4 Å². The average molecular weight is 378 g/mol. The van der Waals surface area contributed by atoms with E-state index < -0.39 is 0 Å². The summed E-state index contributed by atoms with van der Waals surface area (Å²) in [6, 6.07) is 8.31. The Morgan fingerprint density at radius 1 is 0.714 bits per heavy atom. The molecule has 0 aliphatic rings. The van der Waals surface area contributed by atoms with Crippen LogP contribution in [-0.2, 0) is 0 Å². The third-order valence-corrected chi connectivity index (χ3v) is 4.19. The van der Waals surface area contributed by atoms with Crippen LogP contribution in [0.5, 0.6) is 0 Å². The normalized spacial score (nSPS) is 11.1. The van der Waals surface area contributed by atoms with Crippen LogP contribution in [0.3, 0.4) is 0 Å². The van der Waals surface area contributed by atoms with E-state index in [9.17, 15) is 0 Å². The summed E-state index contributed by atoms with van der Waals surface area (Å²) in [6.07, 6.45) is 0. The number of hydrogen-bond acceptors (Lipinski definition) is 2. The number of fused-ring (bicyclic) bond motifs is 1. The fourth-order valence-electron chi connectivity index (χ4n) is 1.91. The number of rotatable bonds is 1. The summed E-state index contributed by atoms with van der Waals surface area (Å²) in [6.45, 7) is 0. The summed E-state index contributed by atoms with van der Waals surface area (Å²) in [5.74, 6) is 0.374. The largest absolute Gasteiger partial charge is 0.226 e. The molecule has 0 unspecified atom stereocenters. The third kappa shape index (κ3) is 2.92. The highest BCUT2D eigenvalue weighted by Gasteiger charge is 2.14. The molecule has 0 N–H and O–H groups in total. The SMILES string of the molecule is Clc1ccc(-c2nc(Cl)c3cc(Cl)cc(Cl)c3n2)c(Cl)c1. The monoisotopic (exact) mass is 376 g/mol. The molecule has 2 aromatic carbocycles. The van der Waals surface area contributed by atoms with Crippen LogP contribution in [0.4, 0.5) is 0 Å². The first-order chi connectivity index (χ1) is 9.95. The van der Waals surface area contributed by atoms with Crippen LogP contribution in [0.1, 0.15) is 0 Å². The van der Waals surface area contributed by atoms with Crippen molar-refractivity contribution in [3.05, 3.63) is 55.6 Å². The minimum atomic E-state index is 0.255. The number of halogens is 5. The first kappa shape index (κ1) is 15.1. The van der Waals surface area contributed by atoms with Gasteiger partial charge in [0.05, 0.1) is 15.6 Å². The molecule has 106 valence electrons. The van der Waals surface area contributed by atoms with Gasteiger partial charge in [-0.2, -0.15) is 0 Å². The molecule has 0 saturated carbocycles. The van der Waals surface area contributed by atoms with Crippen LogP contribution in [0, 0.1) is 0 Å². The molecule has 0 amide bonds. The summed E-state index contributed by atoms with van der Waals surface area (Å²) in [5, 5.41) is 2.67. The molecular formula is C14H5Cl5N2. The van der Waals surface area contributed by atoms with E-state index in [1.807, 2.05) is 0 Å². The van der Waals surface area contributed by atoms with Crippen LogP contribution in [0.15, 0.2) is 30.3 Å². The van der Waals surface area contributed by atoms with Crippen molar-refractivity contribution < 1.29 is 0 Å². The lowest BCUT2D eigenvalue weighted by Crippen LogP contribution is -1.93. The molecule has 21 heavy (non-hydrogen) atoms. The zero-order chi connectivity index (χ0) is 15.1. The molecule has 0 atom stereocenters. The quantitative estimate of drug-likeness (QED) is 0.448. The lowest BCUT2D eigenvalue weighted by molar-refractivity contribution is 1.23. The second kappa shape index (κ2) is 5.79. The van der Waals surface area contributed by atoms with Gasteiger partial charge in [0, 0.05) is 21.0 Å². The Morgan fingerprint density at radius 3 is 2.14 bits per heavy atom. The van der Waals surface area contributed by atoms with Gasteiger partial charge in [0.2, 0.25) is 0 Å². The van der Waals surface area contributed by atoms with Gasteiger partial charge in [0.25, 0.3) is 0 Å². The van der Waals surface area contributed by atoms with Gasteiger partial charge in [0.1, 0.15) is 5.15 Å². The predicted octanol–water partition coefficient (Wildman–Crippen LogP) is 6.56. The molecule has 3 aromatic rings. The number of nitrogens with zero attached hydrogens (tertiary/aromatic N) is 2. The van der Waals surface area contributed by atoms with Crippen molar-refractivity contribution in [3.63, 3.8) is 0 Å². The predicted molar refractivity (Wildman–Crippen MR) is 90.0 cm³/mol. The first-order valence-electron chi connectivity index (χ1n) is 5.73. The summed E-state index contributed by atoms with van der Waals surface area (Å²) < 4.78 is 0. The van der Waals surface area contributed by atoms with Gasteiger partial charge < -0.3 is 0 Å². The van der Waals surface area contributed by atoms with Crippen LogP contribution >= 0.6 is 58.0 Å². The maximum atomic E-state index is 6.20. The lowest BCUT2D eigenvalue weighted by Gasteiger charge is -2.08. The highest BCUT2D eigenvalue weighted by molar-refractivity contribution is 6.41. The van der Waals surface area contributed by atoms with Crippen molar-refractivity contribution in [2.45, 2.75) is 0 Å². The second-order valence-electron chi connectivity index (χ2n) is 4.25. The van der Waals surface area contributed by atoms with Crippen molar-refractivity contribution in [1.82, 2.24) is 9.97 Å². The summed E-state index contributed by atoms with van der Waals surface area (Å²) >= 11 is 30.4. The Bertz CT molecular complexity index is 864. The number of benzene rings is 2. The lowest BCUT2D eigenvalue weighted by atomic mass is 10.2. The zero-order valence-electron chi connectivity index (χ0n) is 10.2. The van der Waals surface area contributed by atoms with E-state index in [4.69, 9.17) is 58.0 Å². The highest BCUT2D eigenvalue weighted by Crippen LogP contribution is 2.34. The van der Waals surface area contributed by atoms with Crippen molar-refractivity contribution in [1.29, 1.82) is 0 Å². The third-order valence-electron chi connectivity index (χ3n) is 2.84. The van der Waals surface area contributed by atoms with Gasteiger partial charge >= 0.3 is 0 Å². The van der Waals surface area contributed by atoms with Crippen LogP contribution < -0.4 is 0 Å². The van der Waals surface area contributed by atoms with Crippen LogP contribution in [0.2, 0.25) is 25.2 Å².